The van der Waals surface area contributed by atoms with Crippen molar-refractivity contribution in [3.63, 3.8) is 0 Å². The minimum Gasteiger partial charge on any atom is -0.397 e. The summed E-state index contributed by atoms with van der Waals surface area (Å²) in [5, 5.41) is 6.49. The average Bonchev–Trinajstić information content (AvgIpc) is 3.41. The molecule has 8 nitrogen and oxygen atoms in total. The number of morpholine rings is 1. The number of ether oxygens (including phenoxy) is 1. The van der Waals surface area contributed by atoms with Gasteiger partial charge in [0.2, 0.25) is 0 Å². The zero-order valence-corrected chi connectivity index (χ0v) is 21.3. The van der Waals surface area contributed by atoms with E-state index < -0.39 is 0 Å². The van der Waals surface area contributed by atoms with E-state index in [-0.39, 0.29) is 5.91 Å². The molecule has 1 aliphatic carbocycles. The number of amides is 1. The predicted octanol–water partition coefficient (Wildman–Crippen LogP) is 3.83. The standard InChI is InChI=1S/C28H40N6O2/c1-22(31-24-8-2-3-9-24)34(15-7-6-14-33-16-18-36-19-17-33)21-23-12-13-27(30-20-23)28(35)32-26-11-5-4-10-25(26)29/h4-5,10-13,20,24,31H,1-3,6-9,14-19,21,29H2,(H,32,35). The van der Waals surface area contributed by atoms with Crippen LogP contribution in [0.1, 0.15) is 54.6 Å². The summed E-state index contributed by atoms with van der Waals surface area (Å²) in [4.78, 5) is 21.9. The number of para-hydroxylation sites is 2. The van der Waals surface area contributed by atoms with E-state index >= 15 is 0 Å². The van der Waals surface area contributed by atoms with Gasteiger partial charge in [0.1, 0.15) is 5.69 Å². The zero-order chi connectivity index (χ0) is 25.2. The lowest BCUT2D eigenvalue weighted by Crippen LogP contribution is -2.38. The van der Waals surface area contributed by atoms with Crippen LogP contribution in [0.3, 0.4) is 0 Å². The topological polar surface area (TPSA) is 95.8 Å². The summed E-state index contributed by atoms with van der Waals surface area (Å²) in [6, 6.07) is 11.5. The molecule has 2 fully saturated rings. The van der Waals surface area contributed by atoms with Crippen LogP contribution in [0.15, 0.2) is 55.0 Å². The van der Waals surface area contributed by atoms with Crippen LogP contribution in [0, 0.1) is 0 Å². The Labute approximate surface area is 214 Å². The second-order valence-electron chi connectivity index (χ2n) is 9.75. The summed E-state index contributed by atoms with van der Waals surface area (Å²) >= 11 is 0. The maximum atomic E-state index is 12.6. The molecule has 1 aromatic carbocycles. The quantitative estimate of drug-likeness (QED) is 0.306. The van der Waals surface area contributed by atoms with Crippen molar-refractivity contribution in [2.45, 2.75) is 51.1 Å². The number of nitrogen functional groups attached to an aromatic ring is 1. The van der Waals surface area contributed by atoms with Gasteiger partial charge in [-0.25, -0.2) is 0 Å². The highest BCUT2D eigenvalue weighted by atomic mass is 16.5. The Hall–Kier alpha value is -3.10. The molecule has 0 atom stereocenters. The zero-order valence-electron chi connectivity index (χ0n) is 21.3. The van der Waals surface area contributed by atoms with Crippen molar-refractivity contribution in [1.82, 2.24) is 20.1 Å². The number of nitrogens with two attached hydrogens (primary N) is 1. The molecular weight excluding hydrogens is 452 g/mol. The first-order chi connectivity index (χ1) is 17.6. The number of pyridine rings is 1. The molecule has 2 aliphatic rings. The van der Waals surface area contributed by atoms with E-state index in [0.717, 1.165) is 63.6 Å². The lowest BCUT2D eigenvalue weighted by molar-refractivity contribution is 0.0369. The Morgan fingerprint density at radius 2 is 1.92 bits per heavy atom. The van der Waals surface area contributed by atoms with E-state index in [2.05, 4.69) is 32.0 Å². The van der Waals surface area contributed by atoms with E-state index in [9.17, 15) is 4.79 Å². The molecule has 8 heteroatoms. The minimum atomic E-state index is -0.272. The molecular formula is C28H40N6O2. The molecule has 1 aliphatic heterocycles. The molecule has 36 heavy (non-hydrogen) atoms. The largest absolute Gasteiger partial charge is 0.397 e. The maximum absolute atomic E-state index is 12.6. The molecule has 1 saturated heterocycles. The van der Waals surface area contributed by atoms with Gasteiger partial charge in [-0.3, -0.25) is 14.7 Å². The fourth-order valence-corrected chi connectivity index (χ4v) is 4.84. The molecule has 0 spiro atoms. The Balaban J connectivity index is 1.33. The van der Waals surface area contributed by atoms with Crippen molar-refractivity contribution >= 4 is 17.3 Å². The Morgan fingerprint density at radius 3 is 2.64 bits per heavy atom. The molecule has 4 rings (SSSR count). The number of aromatic nitrogens is 1. The third kappa shape index (κ3) is 7.70. The Morgan fingerprint density at radius 1 is 1.14 bits per heavy atom. The number of carbonyl (C=O) groups is 1. The molecule has 2 heterocycles. The molecule has 4 N–H and O–H groups in total. The number of hydrogen-bond acceptors (Lipinski definition) is 7. The van der Waals surface area contributed by atoms with Crippen LogP contribution in [0.5, 0.6) is 0 Å². The summed E-state index contributed by atoms with van der Waals surface area (Å²) in [5.74, 6) is 0.710. The summed E-state index contributed by atoms with van der Waals surface area (Å²) in [6.07, 6.45) is 9.01. The van der Waals surface area contributed by atoms with Crippen LogP contribution in [-0.2, 0) is 11.3 Å². The summed E-state index contributed by atoms with van der Waals surface area (Å²) in [7, 11) is 0. The van der Waals surface area contributed by atoms with Crippen molar-refractivity contribution in [2.24, 2.45) is 0 Å². The lowest BCUT2D eigenvalue weighted by Gasteiger charge is -2.30. The molecule has 0 unspecified atom stereocenters. The van der Waals surface area contributed by atoms with Gasteiger partial charge < -0.3 is 26.0 Å². The van der Waals surface area contributed by atoms with Crippen LogP contribution in [0.4, 0.5) is 11.4 Å². The second-order valence-corrected chi connectivity index (χ2v) is 9.75. The number of nitrogens with zero attached hydrogens (tertiary/aromatic N) is 3. The van der Waals surface area contributed by atoms with Crippen molar-refractivity contribution in [2.75, 3.05) is 50.4 Å². The van der Waals surface area contributed by atoms with E-state index in [0.29, 0.717) is 29.7 Å². The first-order valence-corrected chi connectivity index (χ1v) is 13.2. The number of rotatable bonds is 12. The number of benzene rings is 1. The first kappa shape index (κ1) is 26.0. The van der Waals surface area contributed by atoms with Crippen molar-refractivity contribution in [3.05, 3.63) is 66.3 Å². The van der Waals surface area contributed by atoms with Crippen LogP contribution in [0.2, 0.25) is 0 Å². The lowest BCUT2D eigenvalue weighted by atomic mass is 10.2. The Bertz CT molecular complexity index is 984. The number of unbranched alkanes of at least 4 members (excludes halogenated alkanes) is 1. The van der Waals surface area contributed by atoms with Gasteiger partial charge >= 0.3 is 0 Å². The van der Waals surface area contributed by atoms with E-state index in [1.807, 2.05) is 18.2 Å². The third-order valence-electron chi connectivity index (χ3n) is 7.00. The number of hydrogen-bond donors (Lipinski definition) is 3. The van der Waals surface area contributed by atoms with Crippen LogP contribution in [-0.4, -0.2) is 66.1 Å². The van der Waals surface area contributed by atoms with Gasteiger partial charge in [-0.15, -0.1) is 0 Å². The molecule has 1 amide bonds. The van der Waals surface area contributed by atoms with Gasteiger partial charge in [0.05, 0.1) is 30.4 Å². The molecule has 0 bridgehead atoms. The number of anilines is 2. The summed E-state index contributed by atoms with van der Waals surface area (Å²) < 4.78 is 5.46. The Kier molecular flexibility index (Phi) is 9.58. The summed E-state index contributed by atoms with van der Waals surface area (Å²) in [6.45, 7) is 10.9. The smallest absolute Gasteiger partial charge is 0.274 e. The number of nitrogens with one attached hydrogen (secondary N) is 2. The normalized spacial score (nSPS) is 16.6. The molecule has 2 aromatic rings. The highest BCUT2D eigenvalue weighted by Gasteiger charge is 2.18. The SMILES string of the molecule is C=C(NC1CCCC1)N(CCCCN1CCOCC1)Cc1ccc(C(=O)Nc2ccccc2N)nc1. The first-order valence-electron chi connectivity index (χ1n) is 13.2. The van der Waals surface area contributed by atoms with Gasteiger partial charge in [0.15, 0.2) is 0 Å². The number of carbonyl (C=O) groups excluding carboxylic acids is 1. The monoisotopic (exact) mass is 492 g/mol. The average molecular weight is 493 g/mol. The van der Waals surface area contributed by atoms with Gasteiger partial charge in [-0.2, -0.15) is 0 Å². The van der Waals surface area contributed by atoms with Crippen LogP contribution < -0.4 is 16.4 Å². The van der Waals surface area contributed by atoms with Crippen LogP contribution in [0.25, 0.3) is 0 Å². The molecule has 0 radical (unpaired) electrons. The summed E-state index contributed by atoms with van der Waals surface area (Å²) in [5.41, 5.74) is 8.47. The minimum absolute atomic E-state index is 0.272. The predicted molar refractivity (Wildman–Crippen MR) is 144 cm³/mol. The van der Waals surface area contributed by atoms with Crippen molar-refractivity contribution in [1.29, 1.82) is 0 Å². The maximum Gasteiger partial charge on any atom is 0.274 e. The van der Waals surface area contributed by atoms with E-state index in [4.69, 9.17) is 10.5 Å². The molecule has 194 valence electrons. The third-order valence-corrected chi connectivity index (χ3v) is 7.00. The fourth-order valence-electron chi connectivity index (χ4n) is 4.84. The van der Waals surface area contributed by atoms with E-state index in [1.165, 1.54) is 25.7 Å². The van der Waals surface area contributed by atoms with Crippen molar-refractivity contribution < 1.29 is 9.53 Å². The molecule has 1 aromatic heterocycles. The fraction of sp³-hybridized carbons (Fsp3) is 0.500. The molecule has 1 saturated carbocycles. The highest BCUT2D eigenvalue weighted by molar-refractivity contribution is 6.04. The van der Waals surface area contributed by atoms with Crippen molar-refractivity contribution in [3.8, 4) is 0 Å². The van der Waals surface area contributed by atoms with Gasteiger partial charge in [-0.05, 0) is 56.0 Å². The van der Waals surface area contributed by atoms with Gasteiger partial charge in [0.25, 0.3) is 5.91 Å². The van der Waals surface area contributed by atoms with Gasteiger partial charge in [0, 0.05) is 38.4 Å². The van der Waals surface area contributed by atoms with Crippen LogP contribution >= 0.6 is 0 Å². The highest BCUT2D eigenvalue weighted by Crippen LogP contribution is 2.21. The van der Waals surface area contributed by atoms with E-state index in [1.54, 1.807) is 24.4 Å². The van der Waals surface area contributed by atoms with Gasteiger partial charge in [-0.1, -0.05) is 37.6 Å². The second kappa shape index (κ2) is 13.3.